The molecule has 0 saturated heterocycles. The first-order valence-electron chi connectivity index (χ1n) is 11.2. The van der Waals surface area contributed by atoms with Crippen LogP contribution in [0.3, 0.4) is 0 Å². The second-order valence-corrected chi connectivity index (χ2v) is 10.7. The molecule has 0 atom stereocenters. The third kappa shape index (κ3) is 7.14. The van der Waals surface area contributed by atoms with Gasteiger partial charge in [0.1, 0.15) is 23.9 Å². The number of carbonyl (C=O) groups is 1. The highest BCUT2D eigenvalue weighted by molar-refractivity contribution is 7.98. The summed E-state index contributed by atoms with van der Waals surface area (Å²) in [6.07, 6.45) is 0.657. The zero-order valence-corrected chi connectivity index (χ0v) is 21.8. The quantitative estimate of drug-likeness (QED) is 0.327. The van der Waals surface area contributed by atoms with Gasteiger partial charge in [-0.05, 0) is 60.2 Å². The van der Waals surface area contributed by atoms with Gasteiger partial charge >= 0.3 is 0 Å². The number of thioether (sulfide) groups is 1. The second-order valence-electron chi connectivity index (χ2n) is 7.71. The van der Waals surface area contributed by atoms with Crippen molar-refractivity contribution < 1.29 is 27.1 Å². The van der Waals surface area contributed by atoms with Crippen LogP contribution in [-0.2, 0) is 20.6 Å². The minimum atomic E-state index is -4.08. The SMILES string of the molecule is COc1ccc(S(=O)(=O)N(CC(=O)NCCCSCc2ccccc2F)c2ccccc2OC)cc1. The summed E-state index contributed by atoms with van der Waals surface area (Å²) >= 11 is 1.57. The number of sulfonamides is 1. The molecule has 0 radical (unpaired) electrons. The second kappa shape index (κ2) is 13.2. The molecule has 0 aliphatic heterocycles. The van der Waals surface area contributed by atoms with Crippen molar-refractivity contribution in [3.8, 4) is 11.5 Å². The van der Waals surface area contributed by atoms with Crippen LogP contribution < -0.4 is 19.1 Å². The fourth-order valence-corrected chi connectivity index (χ4v) is 5.77. The Hall–Kier alpha value is -3.24. The zero-order valence-electron chi connectivity index (χ0n) is 20.1. The molecule has 0 fully saturated rings. The summed E-state index contributed by atoms with van der Waals surface area (Å²) in [6.45, 7) is -0.0530. The van der Waals surface area contributed by atoms with Gasteiger partial charge in [0.25, 0.3) is 10.0 Å². The van der Waals surface area contributed by atoms with Crippen molar-refractivity contribution in [2.75, 3.05) is 37.4 Å². The lowest BCUT2D eigenvalue weighted by molar-refractivity contribution is -0.119. The maximum atomic E-state index is 13.7. The molecule has 0 aliphatic carbocycles. The van der Waals surface area contributed by atoms with E-state index in [1.807, 2.05) is 0 Å². The molecular weight excluding hydrogens is 503 g/mol. The fourth-order valence-electron chi connectivity index (χ4n) is 3.40. The monoisotopic (exact) mass is 532 g/mol. The highest BCUT2D eigenvalue weighted by Crippen LogP contribution is 2.32. The Kier molecular flexibility index (Phi) is 10.0. The van der Waals surface area contributed by atoms with E-state index < -0.39 is 22.5 Å². The molecule has 0 unspecified atom stereocenters. The number of benzene rings is 3. The number of amides is 1. The largest absolute Gasteiger partial charge is 0.497 e. The Morgan fingerprint density at radius 2 is 1.67 bits per heavy atom. The minimum absolute atomic E-state index is 0.0200. The predicted molar refractivity (Wildman–Crippen MR) is 141 cm³/mol. The number of methoxy groups -OCH3 is 2. The summed E-state index contributed by atoms with van der Waals surface area (Å²) in [5.74, 6) is 1.43. The maximum absolute atomic E-state index is 13.7. The molecular formula is C26H29FN2O5S2. The number of halogens is 1. The Bertz CT molecular complexity index is 1250. The van der Waals surface area contributed by atoms with E-state index in [0.29, 0.717) is 35.8 Å². The summed E-state index contributed by atoms with van der Waals surface area (Å²) in [7, 11) is -1.15. The van der Waals surface area contributed by atoms with Crippen molar-refractivity contribution in [3.63, 3.8) is 0 Å². The van der Waals surface area contributed by atoms with Gasteiger partial charge in [-0.15, -0.1) is 0 Å². The van der Waals surface area contributed by atoms with Crippen LogP contribution in [0, 0.1) is 5.82 Å². The molecule has 7 nitrogen and oxygen atoms in total. The molecule has 0 saturated carbocycles. The molecule has 3 rings (SSSR count). The van der Waals surface area contributed by atoms with Crippen LogP contribution in [0.4, 0.5) is 10.1 Å². The lowest BCUT2D eigenvalue weighted by Gasteiger charge is -2.25. The van der Waals surface area contributed by atoms with Crippen LogP contribution in [0.15, 0.2) is 77.7 Å². The minimum Gasteiger partial charge on any atom is -0.497 e. The van der Waals surface area contributed by atoms with E-state index in [9.17, 15) is 17.6 Å². The van der Waals surface area contributed by atoms with E-state index >= 15 is 0 Å². The maximum Gasteiger partial charge on any atom is 0.264 e. The predicted octanol–water partition coefficient (Wildman–Crippen LogP) is 4.48. The van der Waals surface area contributed by atoms with Crippen molar-refractivity contribution in [1.82, 2.24) is 5.32 Å². The van der Waals surface area contributed by atoms with Crippen LogP contribution in [0.5, 0.6) is 11.5 Å². The van der Waals surface area contributed by atoms with E-state index in [4.69, 9.17) is 9.47 Å². The number of nitrogens with one attached hydrogen (secondary N) is 1. The molecule has 0 aliphatic rings. The topological polar surface area (TPSA) is 84.9 Å². The van der Waals surface area contributed by atoms with E-state index in [2.05, 4.69) is 5.32 Å². The fraction of sp³-hybridized carbons (Fsp3) is 0.269. The summed E-state index contributed by atoms with van der Waals surface area (Å²) in [6, 6.07) is 19.2. The number of anilines is 1. The number of rotatable bonds is 13. The summed E-state index contributed by atoms with van der Waals surface area (Å²) in [4.78, 5) is 12.8. The lowest BCUT2D eigenvalue weighted by atomic mass is 10.2. The standard InChI is InChI=1S/C26H29FN2O5S2/c1-33-21-12-14-22(15-13-21)36(31,32)29(24-10-5-6-11-25(24)34-2)18-26(30)28-16-7-17-35-19-20-8-3-4-9-23(20)27/h3-6,8-15H,7,16-19H2,1-2H3,(H,28,30). The molecule has 3 aromatic rings. The van der Waals surface area contributed by atoms with Gasteiger partial charge in [0.2, 0.25) is 5.91 Å². The summed E-state index contributed by atoms with van der Waals surface area (Å²) in [5, 5.41) is 2.78. The first kappa shape index (κ1) is 27.3. The van der Waals surface area contributed by atoms with Gasteiger partial charge < -0.3 is 14.8 Å². The van der Waals surface area contributed by atoms with Gasteiger partial charge in [0.05, 0.1) is 24.8 Å². The van der Waals surface area contributed by atoms with Gasteiger partial charge in [-0.1, -0.05) is 30.3 Å². The molecule has 0 heterocycles. The number of hydrogen-bond donors (Lipinski definition) is 1. The van der Waals surface area contributed by atoms with E-state index in [1.54, 1.807) is 66.4 Å². The first-order chi connectivity index (χ1) is 17.4. The number of ether oxygens (including phenoxy) is 2. The molecule has 3 aromatic carbocycles. The van der Waals surface area contributed by atoms with Crippen molar-refractivity contribution in [1.29, 1.82) is 0 Å². The van der Waals surface area contributed by atoms with Gasteiger partial charge in [-0.3, -0.25) is 9.10 Å². The molecule has 36 heavy (non-hydrogen) atoms. The molecule has 192 valence electrons. The average molecular weight is 533 g/mol. The van der Waals surface area contributed by atoms with Crippen molar-refractivity contribution in [2.24, 2.45) is 0 Å². The zero-order chi connectivity index (χ0) is 26.0. The number of nitrogens with zero attached hydrogens (tertiary/aromatic N) is 1. The normalized spacial score (nSPS) is 11.1. The highest BCUT2D eigenvalue weighted by atomic mass is 32.2. The third-order valence-corrected chi connectivity index (χ3v) is 8.16. The lowest BCUT2D eigenvalue weighted by Crippen LogP contribution is -2.41. The van der Waals surface area contributed by atoms with Gasteiger partial charge in [0, 0.05) is 12.3 Å². The van der Waals surface area contributed by atoms with Crippen LogP contribution >= 0.6 is 11.8 Å². The van der Waals surface area contributed by atoms with E-state index in [-0.39, 0.29) is 16.4 Å². The Morgan fingerprint density at radius 1 is 0.972 bits per heavy atom. The van der Waals surface area contributed by atoms with E-state index in [1.165, 1.54) is 32.4 Å². The van der Waals surface area contributed by atoms with Crippen molar-refractivity contribution >= 4 is 33.4 Å². The van der Waals surface area contributed by atoms with Gasteiger partial charge in [0.15, 0.2) is 0 Å². The Labute approximate surface area is 215 Å². The van der Waals surface area contributed by atoms with Crippen LogP contribution in [0.1, 0.15) is 12.0 Å². The molecule has 0 spiro atoms. The van der Waals surface area contributed by atoms with Gasteiger partial charge in [-0.25, -0.2) is 12.8 Å². The highest BCUT2D eigenvalue weighted by Gasteiger charge is 2.29. The molecule has 1 amide bonds. The molecule has 0 bridgehead atoms. The average Bonchev–Trinajstić information content (AvgIpc) is 2.90. The molecule has 1 N–H and O–H groups in total. The number of carbonyl (C=O) groups excluding carboxylic acids is 1. The Balaban J connectivity index is 1.65. The van der Waals surface area contributed by atoms with E-state index in [0.717, 1.165) is 10.1 Å². The van der Waals surface area contributed by atoms with Crippen LogP contribution in [0.2, 0.25) is 0 Å². The van der Waals surface area contributed by atoms with Gasteiger partial charge in [-0.2, -0.15) is 11.8 Å². The smallest absolute Gasteiger partial charge is 0.264 e. The van der Waals surface area contributed by atoms with Crippen molar-refractivity contribution in [2.45, 2.75) is 17.1 Å². The number of hydrogen-bond acceptors (Lipinski definition) is 6. The number of para-hydroxylation sites is 2. The molecule has 0 aromatic heterocycles. The Morgan fingerprint density at radius 3 is 2.36 bits per heavy atom. The van der Waals surface area contributed by atoms with Crippen LogP contribution in [0.25, 0.3) is 0 Å². The third-order valence-electron chi connectivity index (χ3n) is 5.29. The summed E-state index contributed by atoms with van der Waals surface area (Å²) < 4.78 is 52.3. The van der Waals surface area contributed by atoms with Crippen LogP contribution in [-0.4, -0.2) is 47.4 Å². The first-order valence-corrected chi connectivity index (χ1v) is 13.8. The van der Waals surface area contributed by atoms with Crippen molar-refractivity contribution in [3.05, 3.63) is 84.2 Å². The summed E-state index contributed by atoms with van der Waals surface area (Å²) in [5.41, 5.74) is 0.897. The molecule has 10 heteroatoms.